The van der Waals surface area contributed by atoms with Crippen LogP contribution in [0.4, 0.5) is 0 Å². The molecule has 0 saturated heterocycles. The van der Waals surface area contributed by atoms with Crippen molar-refractivity contribution in [3.63, 3.8) is 0 Å². The van der Waals surface area contributed by atoms with Crippen LogP contribution in [-0.4, -0.2) is 47.8 Å². The van der Waals surface area contributed by atoms with E-state index in [1.807, 2.05) is 26.8 Å². The summed E-state index contributed by atoms with van der Waals surface area (Å²) in [5.74, 6) is 1.45. The summed E-state index contributed by atoms with van der Waals surface area (Å²) < 4.78 is 29.1. The molecule has 8 nitrogen and oxygen atoms in total. The maximum absolute atomic E-state index is 13.0. The Morgan fingerprint density at radius 3 is 2.74 bits per heavy atom. The average Bonchev–Trinajstić information content (AvgIpc) is 3.34. The van der Waals surface area contributed by atoms with Crippen LogP contribution >= 0.6 is 23.1 Å². The van der Waals surface area contributed by atoms with E-state index in [-0.39, 0.29) is 16.3 Å². The van der Waals surface area contributed by atoms with Gasteiger partial charge in [0.05, 0.1) is 0 Å². The van der Waals surface area contributed by atoms with Crippen molar-refractivity contribution < 1.29 is 8.42 Å². The van der Waals surface area contributed by atoms with Crippen LogP contribution in [0.2, 0.25) is 0 Å². The Bertz CT molecular complexity index is 1270. The van der Waals surface area contributed by atoms with Crippen molar-refractivity contribution in [2.75, 3.05) is 19.3 Å². The molecule has 0 spiro atoms. The SMILES string of the molecule is C=CN=C/C(=C\C)c1ccc(S(=O)(=O)N(C)CCCn2c3c(c(=O)[nH]c2=O)CSCC3)s1.CC. The molecule has 2 aromatic rings. The molecule has 0 aliphatic carbocycles. The van der Waals surface area contributed by atoms with Crippen LogP contribution in [0.3, 0.4) is 0 Å². The molecule has 0 fully saturated rings. The van der Waals surface area contributed by atoms with Gasteiger partial charge in [0.25, 0.3) is 15.6 Å². The van der Waals surface area contributed by atoms with Crippen LogP contribution in [-0.2, 0) is 28.7 Å². The minimum Gasteiger partial charge on any atom is -0.297 e. The summed E-state index contributed by atoms with van der Waals surface area (Å²) in [6, 6.07) is 3.36. The third-order valence-corrected chi connectivity index (χ3v) is 9.60. The van der Waals surface area contributed by atoms with Crippen LogP contribution < -0.4 is 11.2 Å². The minimum absolute atomic E-state index is 0.247. The number of aliphatic imine (C=N–C) groups is 1. The lowest BCUT2D eigenvalue weighted by molar-refractivity contribution is 0.440. The van der Waals surface area contributed by atoms with Crippen molar-refractivity contribution in [2.24, 2.45) is 4.99 Å². The molecule has 0 amide bonds. The highest BCUT2D eigenvalue weighted by Crippen LogP contribution is 2.29. The van der Waals surface area contributed by atoms with E-state index in [0.29, 0.717) is 30.7 Å². The van der Waals surface area contributed by atoms with Crippen molar-refractivity contribution in [1.82, 2.24) is 13.9 Å². The summed E-state index contributed by atoms with van der Waals surface area (Å²) in [4.78, 5) is 31.6. The predicted octanol–water partition coefficient (Wildman–Crippen LogP) is 3.74. The Kier molecular flexibility index (Phi) is 10.7. The van der Waals surface area contributed by atoms with Gasteiger partial charge in [-0.2, -0.15) is 11.8 Å². The summed E-state index contributed by atoms with van der Waals surface area (Å²) in [6.45, 7) is 10.0. The minimum atomic E-state index is -3.66. The first-order chi connectivity index (χ1) is 16.3. The molecule has 186 valence electrons. The summed E-state index contributed by atoms with van der Waals surface area (Å²) in [5.41, 5.74) is 1.48. The maximum atomic E-state index is 13.0. The summed E-state index contributed by atoms with van der Waals surface area (Å²) in [5, 5.41) is 0. The van der Waals surface area contributed by atoms with E-state index < -0.39 is 15.7 Å². The van der Waals surface area contributed by atoms with Crippen LogP contribution in [0.1, 0.15) is 43.3 Å². The Hall–Kier alpha value is -2.21. The molecular formula is C23H32N4O4S3. The molecule has 0 radical (unpaired) electrons. The molecule has 3 rings (SSSR count). The molecule has 1 aliphatic heterocycles. The third kappa shape index (κ3) is 6.47. The van der Waals surface area contributed by atoms with Crippen LogP contribution in [0, 0.1) is 0 Å². The predicted molar refractivity (Wildman–Crippen MR) is 144 cm³/mol. The maximum Gasteiger partial charge on any atom is 0.328 e. The quantitative estimate of drug-likeness (QED) is 0.503. The van der Waals surface area contributed by atoms with Gasteiger partial charge >= 0.3 is 5.69 Å². The molecule has 1 N–H and O–H groups in total. The highest BCUT2D eigenvalue weighted by Gasteiger charge is 2.24. The van der Waals surface area contributed by atoms with Gasteiger partial charge in [-0.15, -0.1) is 11.3 Å². The smallest absolute Gasteiger partial charge is 0.297 e. The number of nitrogens with one attached hydrogen (secondary N) is 1. The van der Waals surface area contributed by atoms with Gasteiger partial charge in [0, 0.05) is 60.0 Å². The fourth-order valence-corrected chi connectivity index (χ4v) is 7.17. The molecular weight excluding hydrogens is 492 g/mol. The zero-order valence-electron chi connectivity index (χ0n) is 20.0. The highest BCUT2D eigenvalue weighted by molar-refractivity contribution is 7.98. The molecule has 3 heterocycles. The number of allylic oxidation sites excluding steroid dienone is 2. The van der Waals surface area contributed by atoms with Gasteiger partial charge in [-0.1, -0.05) is 26.5 Å². The number of rotatable bonds is 9. The van der Waals surface area contributed by atoms with E-state index in [9.17, 15) is 18.0 Å². The number of sulfonamides is 1. The summed E-state index contributed by atoms with van der Waals surface area (Å²) >= 11 is 2.85. The van der Waals surface area contributed by atoms with E-state index in [1.54, 1.807) is 34.7 Å². The molecule has 0 unspecified atom stereocenters. The molecule has 0 aromatic carbocycles. The average molecular weight is 525 g/mol. The van der Waals surface area contributed by atoms with Gasteiger partial charge in [0.15, 0.2) is 0 Å². The second-order valence-electron chi connectivity index (χ2n) is 7.14. The zero-order chi connectivity index (χ0) is 25.3. The summed E-state index contributed by atoms with van der Waals surface area (Å²) in [7, 11) is -2.12. The van der Waals surface area contributed by atoms with Crippen molar-refractivity contribution in [3.05, 3.63) is 68.0 Å². The van der Waals surface area contributed by atoms with Crippen molar-refractivity contribution in [3.8, 4) is 0 Å². The van der Waals surface area contributed by atoms with Gasteiger partial charge in [-0.25, -0.2) is 17.5 Å². The van der Waals surface area contributed by atoms with Gasteiger partial charge in [0.2, 0.25) is 0 Å². The Balaban J connectivity index is 0.00000199. The zero-order valence-corrected chi connectivity index (χ0v) is 22.5. The van der Waals surface area contributed by atoms with Gasteiger partial charge in [-0.05, 0) is 37.7 Å². The van der Waals surface area contributed by atoms with Crippen molar-refractivity contribution >= 4 is 44.9 Å². The number of hydrogen-bond acceptors (Lipinski definition) is 7. The lowest BCUT2D eigenvalue weighted by atomic mass is 10.2. The number of H-pyrrole nitrogens is 1. The standard InChI is InChI=1S/C21H26N4O4S3.C2H6/c1-4-15(13-22-5-2)18-7-8-19(31-18)32(28,29)24(3)10-6-11-25-17-9-12-30-14-16(17)20(26)23-21(25)27;1-2/h4-5,7-8,13H,2,6,9-12,14H2,1,3H3,(H,23,26,27);1-2H3/b15-4+,22-13?;. The summed E-state index contributed by atoms with van der Waals surface area (Å²) in [6.07, 6.45) is 6.03. The second-order valence-corrected chi connectivity index (χ2v) is 11.6. The molecule has 1 aliphatic rings. The van der Waals surface area contributed by atoms with Crippen molar-refractivity contribution in [2.45, 2.75) is 50.1 Å². The molecule has 34 heavy (non-hydrogen) atoms. The van der Waals surface area contributed by atoms with E-state index in [1.165, 1.54) is 28.9 Å². The van der Waals surface area contributed by atoms with E-state index in [2.05, 4.69) is 16.6 Å². The van der Waals surface area contributed by atoms with Crippen LogP contribution in [0.25, 0.3) is 5.57 Å². The second kappa shape index (κ2) is 13.0. The number of aromatic nitrogens is 2. The lowest BCUT2D eigenvalue weighted by Crippen LogP contribution is -2.37. The van der Waals surface area contributed by atoms with E-state index in [4.69, 9.17) is 0 Å². The number of aromatic amines is 1. The van der Waals surface area contributed by atoms with E-state index in [0.717, 1.165) is 21.9 Å². The Labute approximate surface area is 209 Å². The molecule has 2 aromatic heterocycles. The first-order valence-electron chi connectivity index (χ1n) is 11.1. The number of hydrogen-bond donors (Lipinski definition) is 1. The molecule has 11 heteroatoms. The number of thiophene rings is 1. The van der Waals surface area contributed by atoms with Gasteiger partial charge in [-0.3, -0.25) is 19.3 Å². The van der Waals surface area contributed by atoms with Crippen molar-refractivity contribution in [1.29, 1.82) is 0 Å². The molecule has 0 atom stereocenters. The molecule has 0 bridgehead atoms. The normalized spacial score (nSPS) is 14.1. The number of fused-ring (bicyclic) bond motifs is 1. The Morgan fingerprint density at radius 2 is 2.06 bits per heavy atom. The van der Waals surface area contributed by atoms with Crippen LogP contribution in [0.5, 0.6) is 0 Å². The number of nitrogens with zero attached hydrogens (tertiary/aromatic N) is 3. The first-order valence-corrected chi connectivity index (χ1v) is 14.5. The topological polar surface area (TPSA) is 105 Å². The van der Waals surface area contributed by atoms with Crippen LogP contribution in [0.15, 0.2) is 49.8 Å². The highest BCUT2D eigenvalue weighted by atomic mass is 32.2. The largest absolute Gasteiger partial charge is 0.328 e. The first kappa shape index (κ1) is 28.0. The van der Waals surface area contributed by atoms with E-state index >= 15 is 0 Å². The van der Waals surface area contributed by atoms with Gasteiger partial charge < -0.3 is 0 Å². The van der Waals surface area contributed by atoms with Gasteiger partial charge in [0.1, 0.15) is 4.21 Å². The fourth-order valence-electron chi connectivity index (χ4n) is 3.42. The number of thioether (sulfide) groups is 1. The fraction of sp³-hybridized carbons (Fsp3) is 0.435. The third-order valence-electron chi connectivity index (χ3n) is 5.16. The monoisotopic (exact) mass is 524 g/mol. The lowest BCUT2D eigenvalue weighted by Gasteiger charge is -2.21. The molecule has 0 saturated carbocycles. The Morgan fingerprint density at radius 1 is 1.32 bits per heavy atom.